The highest BCUT2D eigenvalue weighted by Crippen LogP contribution is 2.20. The van der Waals surface area contributed by atoms with Crippen molar-refractivity contribution in [3.63, 3.8) is 0 Å². The van der Waals surface area contributed by atoms with E-state index in [1.54, 1.807) is 49.5 Å². The van der Waals surface area contributed by atoms with Crippen molar-refractivity contribution in [2.75, 3.05) is 12.4 Å². The number of aromatic nitrogens is 1. The van der Waals surface area contributed by atoms with Gasteiger partial charge in [0.15, 0.2) is 0 Å². The average molecular weight is 285 g/mol. The molecule has 1 amide bonds. The van der Waals surface area contributed by atoms with Crippen LogP contribution < -0.4 is 10.1 Å². The number of nitrogens with zero attached hydrogens (tertiary/aromatic N) is 2. The molecule has 108 valence electrons. The van der Waals surface area contributed by atoms with Crippen LogP contribution in [0.2, 0.25) is 0 Å². The maximum atomic E-state index is 12.3. The van der Waals surface area contributed by atoms with Crippen molar-refractivity contribution < 1.29 is 14.7 Å². The highest BCUT2D eigenvalue weighted by atomic mass is 16.5. The summed E-state index contributed by atoms with van der Waals surface area (Å²) in [6.07, 6.45) is 1.55. The molecule has 1 heterocycles. The summed E-state index contributed by atoms with van der Waals surface area (Å²) in [5.41, 5.74) is 1.91. The lowest BCUT2D eigenvalue weighted by Gasteiger charge is -2.11. The number of carbonyl (C=O) groups is 1. The number of anilines is 1. The number of benzene rings is 1. The quantitative estimate of drug-likeness (QED) is 0.513. The van der Waals surface area contributed by atoms with Crippen LogP contribution in [-0.4, -0.2) is 28.9 Å². The summed E-state index contributed by atoms with van der Waals surface area (Å²) in [6, 6.07) is 10.3. The van der Waals surface area contributed by atoms with E-state index in [-0.39, 0.29) is 11.8 Å². The van der Waals surface area contributed by atoms with Crippen LogP contribution in [0.4, 0.5) is 5.69 Å². The number of hydrogen-bond donors (Lipinski definition) is 2. The number of carbonyl (C=O) groups excluding carboxylic acids is 1. The molecule has 0 aliphatic carbocycles. The predicted molar refractivity (Wildman–Crippen MR) is 79.2 cm³/mol. The van der Waals surface area contributed by atoms with Gasteiger partial charge in [0.05, 0.1) is 18.5 Å². The Morgan fingerprint density at radius 2 is 1.95 bits per heavy atom. The van der Waals surface area contributed by atoms with E-state index in [2.05, 4.69) is 15.5 Å². The maximum absolute atomic E-state index is 12.3. The molecule has 0 unspecified atom stereocenters. The van der Waals surface area contributed by atoms with E-state index >= 15 is 0 Å². The van der Waals surface area contributed by atoms with Crippen molar-refractivity contribution in [2.45, 2.75) is 6.92 Å². The Bertz CT molecular complexity index is 683. The van der Waals surface area contributed by atoms with Crippen molar-refractivity contribution >= 4 is 17.3 Å². The summed E-state index contributed by atoms with van der Waals surface area (Å²) < 4.78 is 5.07. The second-order valence-corrected chi connectivity index (χ2v) is 4.25. The van der Waals surface area contributed by atoms with Crippen molar-refractivity contribution in [1.29, 1.82) is 0 Å². The minimum absolute atomic E-state index is 0.250. The van der Waals surface area contributed by atoms with Crippen LogP contribution >= 0.6 is 0 Å². The molecule has 0 aliphatic rings. The number of pyridine rings is 1. The molecule has 6 heteroatoms. The Kier molecular flexibility index (Phi) is 4.50. The molecule has 0 radical (unpaired) electrons. The van der Waals surface area contributed by atoms with E-state index in [1.807, 2.05) is 0 Å². The maximum Gasteiger partial charge on any atom is 0.261 e. The molecule has 6 nitrogen and oxygen atoms in total. The van der Waals surface area contributed by atoms with Gasteiger partial charge in [0.2, 0.25) is 5.88 Å². The van der Waals surface area contributed by atoms with Crippen LogP contribution in [0.25, 0.3) is 0 Å². The smallest absolute Gasteiger partial charge is 0.261 e. The molecule has 1 aromatic carbocycles. The van der Waals surface area contributed by atoms with E-state index in [4.69, 9.17) is 9.94 Å². The molecule has 0 saturated heterocycles. The number of para-hydroxylation sites is 1. The fraction of sp³-hybridized carbons (Fsp3) is 0.133. The van der Waals surface area contributed by atoms with E-state index < -0.39 is 0 Å². The largest absolute Gasteiger partial charge is 0.480 e. The van der Waals surface area contributed by atoms with Gasteiger partial charge in [-0.1, -0.05) is 23.4 Å². The highest BCUT2D eigenvalue weighted by molar-refractivity contribution is 6.10. The fourth-order valence-corrected chi connectivity index (χ4v) is 1.88. The van der Waals surface area contributed by atoms with Crippen LogP contribution in [0, 0.1) is 0 Å². The van der Waals surface area contributed by atoms with Gasteiger partial charge in [-0.25, -0.2) is 4.98 Å². The van der Waals surface area contributed by atoms with Gasteiger partial charge in [0.1, 0.15) is 5.56 Å². The first-order chi connectivity index (χ1) is 10.2. The van der Waals surface area contributed by atoms with E-state index in [0.29, 0.717) is 22.5 Å². The van der Waals surface area contributed by atoms with Gasteiger partial charge in [-0.2, -0.15) is 0 Å². The highest BCUT2D eigenvalue weighted by Gasteiger charge is 2.15. The Balaban J connectivity index is 2.32. The first kappa shape index (κ1) is 14.5. The molecule has 0 aliphatic heterocycles. The standard InChI is InChI=1S/C15H15N3O3/c1-10(18-20)11-6-3-4-8-13(11)17-14(19)12-7-5-9-16-15(12)21-2/h3-9,20H,1-2H3,(H,17,19). The van der Waals surface area contributed by atoms with Crippen molar-refractivity contribution in [1.82, 2.24) is 4.98 Å². The number of rotatable bonds is 4. The molecule has 1 aromatic heterocycles. The summed E-state index contributed by atoms with van der Waals surface area (Å²) >= 11 is 0. The number of nitrogens with one attached hydrogen (secondary N) is 1. The lowest BCUT2D eigenvalue weighted by molar-refractivity contribution is 0.102. The van der Waals surface area contributed by atoms with Gasteiger partial charge in [-0.3, -0.25) is 4.79 Å². The SMILES string of the molecule is COc1ncccc1C(=O)Nc1ccccc1C(C)=NO. The van der Waals surface area contributed by atoms with Crippen molar-refractivity contribution in [3.8, 4) is 5.88 Å². The average Bonchev–Trinajstić information content (AvgIpc) is 2.54. The first-order valence-electron chi connectivity index (χ1n) is 6.25. The topological polar surface area (TPSA) is 83.8 Å². The van der Waals surface area contributed by atoms with Gasteiger partial charge in [0.25, 0.3) is 5.91 Å². The normalized spacial score (nSPS) is 11.0. The number of methoxy groups -OCH3 is 1. The number of ether oxygens (including phenoxy) is 1. The number of oxime groups is 1. The van der Waals surface area contributed by atoms with Crippen LogP contribution in [-0.2, 0) is 0 Å². The van der Waals surface area contributed by atoms with E-state index in [0.717, 1.165) is 0 Å². The molecule has 2 N–H and O–H groups in total. The molecule has 0 spiro atoms. The van der Waals surface area contributed by atoms with Crippen LogP contribution in [0.1, 0.15) is 22.8 Å². The molecule has 2 rings (SSSR count). The zero-order chi connectivity index (χ0) is 15.2. The van der Waals surface area contributed by atoms with Crippen molar-refractivity contribution in [2.24, 2.45) is 5.16 Å². The van der Waals surface area contributed by atoms with Crippen LogP contribution in [0.3, 0.4) is 0 Å². The molecule has 2 aromatic rings. The number of amides is 1. The Hall–Kier alpha value is -2.89. The summed E-state index contributed by atoms with van der Waals surface area (Å²) in [6.45, 7) is 1.65. The zero-order valence-corrected chi connectivity index (χ0v) is 11.7. The van der Waals surface area contributed by atoms with E-state index in [1.165, 1.54) is 7.11 Å². The lowest BCUT2D eigenvalue weighted by Crippen LogP contribution is -2.15. The van der Waals surface area contributed by atoms with Gasteiger partial charge < -0.3 is 15.3 Å². The summed E-state index contributed by atoms with van der Waals surface area (Å²) in [4.78, 5) is 16.3. The minimum Gasteiger partial charge on any atom is -0.480 e. The van der Waals surface area contributed by atoms with E-state index in [9.17, 15) is 4.79 Å². The van der Waals surface area contributed by atoms with Gasteiger partial charge in [-0.05, 0) is 25.1 Å². The third-order valence-corrected chi connectivity index (χ3v) is 2.92. The van der Waals surface area contributed by atoms with Gasteiger partial charge in [-0.15, -0.1) is 0 Å². The molecule has 0 atom stereocenters. The zero-order valence-electron chi connectivity index (χ0n) is 11.7. The molecule has 21 heavy (non-hydrogen) atoms. The Morgan fingerprint density at radius 1 is 1.24 bits per heavy atom. The summed E-state index contributed by atoms with van der Waals surface area (Å²) in [5, 5.41) is 14.8. The van der Waals surface area contributed by atoms with Gasteiger partial charge >= 0.3 is 0 Å². The molecular formula is C15H15N3O3. The molecule has 0 bridgehead atoms. The number of hydrogen-bond acceptors (Lipinski definition) is 5. The van der Waals surface area contributed by atoms with Crippen LogP contribution in [0.15, 0.2) is 47.8 Å². The summed E-state index contributed by atoms with van der Waals surface area (Å²) in [5.74, 6) is -0.0989. The molecule has 0 saturated carbocycles. The molecular weight excluding hydrogens is 270 g/mol. The predicted octanol–water partition coefficient (Wildman–Crippen LogP) is 2.54. The van der Waals surface area contributed by atoms with Gasteiger partial charge in [0, 0.05) is 11.8 Å². The second-order valence-electron chi connectivity index (χ2n) is 4.25. The first-order valence-corrected chi connectivity index (χ1v) is 6.25. The Labute approximate surface area is 122 Å². The molecule has 0 fully saturated rings. The minimum atomic E-state index is -0.349. The van der Waals surface area contributed by atoms with Crippen LogP contribution in [0.5, 0.6) is 5.88 Å². The summed E-state index contributed by atoms with van der Waals surface area (Å²) in [7, 11) is 1.45. The third-order valence-electron chi connectivity index (χ3n) is 2.92. The monoisotopic (exact) mass is 285 g/mol. The third kappa shape index (κ3) is 3.17. The fourth-order valence-electron chi connectivity index (χ4n) is 1.88. The Morgan fingerprint density at radius 3 is 2.67 bits per heavy atom. The van der Waals surface area contributed by atoms with Crippen molar-refractivity contribution in [3.05, 3.63) is 53.7 Å². The lowest BCUT2D eigenvalue weighted by atomic mass is 10.1. The second kappa shape index (κ2) is 6.51.